The Kier molecular flexibility index (Phi) is 10.3. The molecule has 0 bridgehead atoms. The summed E-state index contributed by atoms with van der Waals surface area (Å²) in [5.41, 5.74) is 0. The van der Waals surface area contributed by atoms with Crippen LogP contribution in [-0.2, 0) is 9.47 Å². The van der Waals surface area contributed by atoms with E-state index in [4.69, 9.17) is 9.47 Å². The van der Waals surface area contributed by atoms with Crippen LogP contribution in [0.5, 0.6) is 0 Å². The molecule has 0 saturated carbocycles. The Hall–Kier alpha value is -0.120. The molecule has 1 unspecified atom stereocenters. The van der Waals surface area contributed by atoms with Crippen LogP contribution >= 0.6 is 0 Å². The lowest BCUT2D eigenvalue weighted by Gasteiger charge is -2.17. The summed E-state index contributed by atoms with van der Waals surface area (Å²) in [6.07, 6.45) is 2.40. The molecular weight excluding hydrogens is 190 g/mol. The summed E-state index contributed by atoms with van der Waals surface area (Å²) in [4.78, 5) is 0. The van der Waals surface area contributed by atoms with Crippen LogP contribution in [0.25, 0.3) is 0 Å². The number of nitrogens with one attached hydrogen (secondary N) is 1. The van der Waals surface area contributed by atoms with Crippen LogP contribution in [0.4, 0.5) is 0 Å². The van der Waals surface area contributed by atoms with Crippen LogP contribution in [0.15, 0.2) is 0 Å². The largest absolute Gasteiger partial charge is 0.385 e. The van der Waals surface area contributed by atoms with Gasteiger partial charge in [-0.3, -0.25) is 0 Å². The molecule has 3 nitrogen and oxygen atoms in total. The van der Waals surface area contributed by atoms with Gasteiger partial charge < -0.3 is 14.8 Å². The molecule has 92 valence electrons. The van der Waals surface area contributed by atoms with Crippen molar-refractivity contribution in [2.45, 2.75) is 39.7 Å². The first kappa shape index (κ1) is 14.9. The maximum atomic E-state index is 5.73. The van der Waals surface area contributed by atoms with Gasteiger partial charge in [0.05, 0.1) is 6.10 Å². The van der Waals surface area contributed by atoms with E-state index < -0.39 is 0 Å². The van der Waals surface area contributed by atoms with Gasteiger partial charge in [-0.05, 0) is 25.3 Å². The van der Waals surface area contributed by atoms with E-state index in [9.17, 15) is 0 Å². The molecule has 1 atom stereocenters. The first-order valence-corrected chi connectivity index (χ1v) is 6.01. The molecule has 0 aliphatic heterocycles. The van der Waals surface area contributed by atoms with Crippen LogP contribution in [0.1, 0.15) is 33.6 Å². The highest BCUT2D eigenvalue weighted by molar-refractivity contribution is 4.60. The Morgan fingerprint density at radius 1 is 1.13 bits per heavy atom. The SMILES string of the molecule is CCC(CNCC(C)C)OCCCOC. The second kappa shape index (κ2) is 10.4. The van der Waals surface area contributed by atoms with Gasteiger partial charge in [0.25, 0.3) is 0 Å². The normalized spacial score (nSPS) is 13.4. The van der Waals surface area contributed by atoms with E-state index in [0.717, 1.165) is 39.1 Å². The van der Waals surface area contributed by atoms with Crippen molar-refractivity contribution in [3.8, 4) is 0 Å². The summed E-state index contributed by atoms with van der Waals surface area (Å²) in [6.45, 7) is 10.2. The van der Waals surface area contributed by atoms with Gasteiger partial charge in [-0.1, -0.05) is 20.8 Å². The molecule has 0 rings (SSSR count). The summed E-state index contributed by atoms with van der Waals surface area (Å²) in [5.74, 6) is 0.705. The van der Waals surface area contributed by atoms with Gasteiger partial charge in [-0.15, -0.1) is 0 Å². The molecule has 0 heterocycles. The molecule has 1 N–H and O–H groups in total. The molecule has 0 radical (unpaired) electrons. The zero-order chi connectivity index (χ0) is 11.5. The van der Waals surface area contributed by atoms with E-state index >= 15 is 0 Å². The van der Waals surface area contributed by atoms with Gasteiger partial charge in [0.1, 0.15) is 0 Å². The van der Waals surface area contributed by atoms with Crippen LogP contribution in [0.2, 0.25) is 0 Å². The molecule has 0 amide bonds. The first-order valence-electron chi connectivity index (χ1n) is 6.01. The highest BCUT2D eigenvalue weighted by atomic mass is 16.5. The third-order valence-corrected chi connectivity index (χ3v) is 2.23. The zero-order valence-corrected chi connectivity index (χ0v) is 10.7. The van der Waals surface area contributed by atoms with E-state index in [0.29, 0.717) is 12.0 Å². The highest BCUT2D eigenvalue weighted by Gasteiger charge is 2.05. The van der Waals surface area contributed by atoms with Crippen molar-refractivity contribution >= 4 is 0 Å². The lowest BCUT2D eigenvalue weighted by molar-refractivity contribution is 0.0373. The van der Waals surface area contributed by atoms with E-state index in [-0.39, 0.29) is 0 Å². The van der Waals surface area contributed by atoms with Gasteiger partial charge >= 0.3 is 0 Å². The van der Waals surface area contributed by atoms with Crippen molar-refractivity contribution in [2.75, 3.05) is 33.4 Å². The van der Waals surface area contributed by atoms with Crippen molar-refractivity contribution < 1.29 is 9.47 Å². The van der Waals surface area contributed by atoms with Crippen molar-refractivity contribution in [1.29, 1.82) is 0 Å². The molecule has 0 saturated heterocycles. The predicted octanol–water partition coefficient (Wildman–Crippen LogP) is 2.06. The average molecular weight is 217 g/mol. The number of hydrogen-bond donors (Lipinski definition) is 1. The second-order valence-electron chi connectivity index (χ2n) is 4.30. The minimum Gasteiger partial charge on any atom is -0.385 e. The molecule has 0 aromatic rings. The Labute approximate surface area is 94.5 Å². The topological polar surface area (TPSA) is 30.5 Å². The Balaban J connectivity index is 3.38. The molecule has 0 aliphatic rings. The molecule has 0 aromatic carbocycles. The van der Waals surface area contributed by atoms with Gasteiger partial charge in [-0.25, -0.2) is 0 Å². The van der Waals surface area contributed by atoms with Gasteiger partial charge in [0.2, 0.25) is 0 Å². The average Bonchev–Trinajstić information content (AvgIpc) is 2.21. The quantitative estimate of drug-likeness (QED) is 0.568. The van der Waals surface area contributed by atoms with Gasteiger partial charge in [0.15, 0.2) is 0 Å². The van der Waals surface area contributed by atoms with Crippen molar-refractivity contribution in [3.05, 3.63) is 0 Å². The van der Waals surface area contributed by atoms with Gasteiger partial charge in [-0.2, -0.15) is 0 Å². The monoisotopic (exact) mass is 217 g/mol. The first-order chi connectivity index (χ1) is 7.20. The van der Waals surface area contributed by atoms with Crippen molar-refractivity contribution in [2.24, 2.45) is 5.92 Å². The fraction of sp³-hybridized carbons (Fsp3) is 1.00. The van der Waals surface area contributed by atoms with Crippen molar-refractivity contribution in [3.63, 3.8) is 0 Å². The van der Waals surface area contributed by atoms with E-state index in [1.807, 2.05) is 0 Å². The lowest BCUT2D eigenvalue weighted by Crippen LogP contribution is -2.31. The standard InChI is InChI=1S/C12H27NO2/c1-5-12(10-13-9-11(2)3)15-8-6-7-14-4/h11-13H,5-10H2,1-4H3. The van der Waals surface area contributed by atoms with E-state index in [1.54, 1.807) is 7.11 Å². The Morgan fingerprint density at radius 3 is 2.40 bits per heavy atom. The summed E-state index contributed by atoms with van der Waals surface area (Å²) in [7, 11) is 1.72. The van der Waals surface area contributed by atoms with Crippen LogP contribution in [-0.4, -0.2) is 39.5 Å². The summed E-state index contributed by atoms with van der Waals surface area (Å²) in [5, 5.41) is 3.42. The maximum absolute atomic E-state index is 5.73. The molecule has 0 spiro atoms. The summed E-state index contributed by atoms with van der Waals surface area (Å²) in [6, 6.07) is 0. The van der Waals surface area contributed by atoms with E-state index in [2.05, 4.69) is 26.1 Å². The van der Waals surface area contributed by atoms with E-state index in [1.165, 1.54) is 0 Å². The smallest absolute Gasteiger partial charge is 0.0696 e. The number of rotatable bonds is 10. The Bertz CT molecular complexity index is 129. The third kappa shape index (κ3) is 10.2. The maximum Gasteiger partial charge on any atom is 0.0696 e. The number of hydrogen-bond acceptors (Lipinski definition) is 3. The van der Waals surface area contributed by atoms with Crippen LogP contribution in [0.3, 0.4) is 0 Å². The summed E-state index contributed by atoms with van der Waals surface area (Å²) < 4.78 is 10.7. The summed E-state index contributed by atoms with van der Waals surface area (Å²) >= 11 is 0. The number of ether oxygens (including phenoxy) is 2. The van der Waals surface area contributed by atoms with Crippen molar-refractivity contribution in [1.82, 2.24) is 5.32 Å². The fourth-order valence-electron chi connectivity index (χ4n) is 1.31. The number of methoxy groups -OCH3 is 1. The third-order valence-electron chi connectivity index (χ3n) is 2.23. The molecule has 15 heavy (non-hydrogen) atoms. The minimum absolute atomic E-state index is 0.348. The minimum atomic E-state index is 0.348. The van der Waals surface area contributed by atoms with Crippen LogP contribution < -0.4 is 5.32 Å². The predicted molar refractivity (Wildman–Crippen MR) is 64.2 cm³/mol. The molecule has 0 aromatic heterocycles. The Morgan fingerprint density at radius 2 is 1.87 bits per heavy atom. The van der Waals surface area contributed by atoms with Gasteiger partial charge in [0, 0.05) is 26.9 Å². The second-order valence-corrected chi connectivity index (χ2v) is 4.30. The molecule has 3 heteroatoms. The molecule has 0 fully saturated rings. The highest BCUT2D eigenvalue weighted by Crippen LogP contribution is 1.98. The lowest BCUT2D eigenvalue weighted by atomic mass is 10.2. The van der Waals surface area contributed by atoms with Crippen LogP contribution in [0, 0.1) is 5.92 Å². The molecular formula is C12H27NO2. The molecule has 0 aliphatic carbocycles. The fourth-order valence-corrected chi connectivity index (χ4v) is 1.31. The zero-order valence-electron chi connectivity index (χ0n) is 10.7.